The van der Waals surface area contributed by atoms with E-state index in [-0.39, 0.29) is 17.9 Å². The van der Waals surface area contributed by atoms with Crippen molar-refractivity contribution in [3.8, 4) is 0 Å². The van der Waals surface area contributed by atoms with Gasteiger partial charge in [0.15, 0.2) is 0 Å². The monoisotopic (exact) mass is 420 g/mol. The van der Waals surface area contributed by atoms with Gasteiger partial charge in [-0.25, -0.2) is 0 Å². The van der Waals surface area contributed by atoms with E-state index < -0.39 is 6.04 Å². The molecule has 0 unspecified atom stereocenters. The number of nitrogens with two attached hydrogens (primary N) is 1. The molecule has 2 heterocycles. The number of rotatable bonds is 9. The van der Waals surface area contributed by atoms with E-state index in [4.69, 9.17) is 15.2 Å². The first kappa shape index (κ1) is 23.2. The molecule has 1 saturated heterocycles. The van der Waals surface area contributed by atoms with Crippen LogP contribution >= 0.6 is 0 Å². The molecule has 1 aliphatic heterocycles. The maximum absolute atomic E-state index is 13.2. The highest BCUT2D eigenvalue weighted by Crippen LogP contribution is 2.35. The van der Waals surface area contributed by atoms with Crippen LogP contribution in [0.15, 0.2) is 12.3 Å². The number of nitrogens with zero attached hydrogens (tertiary/aromatic N) is 2. The van der Waals surface area contributed by atoms with E-state index in [0.717, 1.165) is 49.8 Å². The normalized spacial score (nSPS) is 28.6. The Kier molecular flexibility index (Phi) is 8.72. The van der Waals surface area contributed by atoms with Gasteiger partial charge in [0.05, 0.1) is 24.8 Å². The molecule has 0 spiro atoms. The second-order valence-corrected chi connectivity index (χ2v) is 9.36. The quantitative estimate of drug-likeness (QED) is 0.640. The molecule has 1 amide bonds. The first-order valence-electron chi connectivity index (χ1n) is 11.7. The van der Waals surface area contributed by atoms with E-state index in [1.807, 2.05) is 11.0 Å². The Morgan fingerprint density at radius 2 is 2.07 bits per heavy atom. The third-order valence-corrected chi connectivity index (χ3v) is 7.10. The number of hydrogen-bond acceptors (Lipinski definition) is 5. The highest BCUT2D eigenvalue weighted by Gasteiger charge is 2.38. The zero-order chi connectivity index (χ0) is 21.5. The minimum Gasteiger partial charge on any atom is -0.385 e. The summed E-state index contributed by atoms with van der Waals surface area (Å²) in [6, 6.07) is 1.47. The third kappa shape index (κ3) is 5.83. The zero-order valence-corrected chi connectivity index (χ0v) is 18.9. The van der Waals surface area contributed by atoms with Gasteiger partial charge in [-0.1, -0.05) is 13.8 Å². The van der Waals surface area contributed by atoms with Crippen molar-refractivity contribution in [1.29, 1.82) is 0 Å². The molecular weight excluding hydrogens is 380 g/mol. The molecule has 170 valence electrons. The van der Waals surface area contributed by atoms with Crippen molar-refractivity contribution in [2.24, 2.45) is 17.6 Å². The molecule has 30 heavy (non-hydrogen) atoms. The smallest absolute Gasteiger partial charge is 0.239 e. The Bertz CT molecular complexity index is 628. The number of carbonyl (C=O) groups excluding carboxylic acids is 1. The predicted molar refractivity (Wildman–Crippen MR) is 117 cm³/mol. The van der Waals surface area contributed by atoms with Gasteiger partial charge in [0.1, 0.15) is 0 Å². The molecule has 2 aliphatic rings. The summed E-state index contributed by atoms with van der Waals surface area (Å²) in [6.07, 6.45) is 9.30. The van der Waals surface area contributed by atoms with Crippen molar-refractivity contribution in [3.05, 3.63) is 18.0 Å². The fraction of sp³-hybridized carbons (Fsp3) is 0.826. The Morgan fingerprint density at radius 3 is 2.70 bits per heavy atom. The molecule has 7 heteroatoms. The van der Waals surface area contributed by atoms with Crippen LogP contribution < -0.4 is 5.73 Å². The number of aromatic nitrogens is 2. The predicted octanol–water partition coefficient (Wildman–Crippen LogP) is 3.08. The van der Waals surface area contributed by atoms with Gasteiger partial charge in [0, 0.05) is 38.1 Å². The molecule has 3 N–H and O–H groups in total. The van der Waals surface area contributed by atoms with Gasteiger partial charge in [-0.15, -0.1) is 0 Å². The Morgan fingerprint density at radius 1 is 1.30 bits per heavy atom. The van der Waals surface area contributed by atoms with E-state index in [9.17, 15) is 4.79 Å². The first-order chi connectivity index (χ1) is 14.5. The molecule has 1 aromatic heterocycles. The largest absolute Gasteiger partial charge is 0.385 e. The molecule has 0 radical (unpaired) electrons. The van der Waals surface area contributed by atoms with Crippen molar-refractivity contribution in [3.63, 3.8) is 0 Å². The van der Waals surface area contributed by atoms with Crippen LogP contribution in [0.1, 0.15) is 70.4 Å². The van der Waals surface area contributed by atoms with Gasteiger partial charge in [0.25, 0.3) is 0 Å². The lowest BCUT2D eigenvalue weighted by Crippen LogP contribution is -2.55. The molecule has 1 aromatic rings. The second kappa shape index (κ2) is 11.3. The van der Waals surface area contributed by atoms with Crippen molar-refractivity contribution >= 4 is 5.91 Å². The van der Waals surface area contributed by atoms with Crippen LogP contribution in [-0.4, -0.2) is 66.1 Å². The molecule has 7 nitrogen and oxygen atoms in total. The molecule has 1 aliphatic carbocycles. The Hall–Kier alpha value is -1.44. The molecule has 3 atom stereocenters. The van der Waals surface area contributed by atoms with Crippen LogP contribution in [0, 0.1) is 11.8 Å². The summed E-state index contributed by atoms with van der Waals surface area (Å²) in [5.74, 6) is 1.77. The maximum Gasteiger partial charge on any atom is 0.239 e. The number of piperidine rings is 1. The summed E-state index contributed by atoms with van der Waals surface area (Å²) in [6.45, 7) is 6.42. The molecule has 2 fully saturated rings. The van der Waals surface area contributed by atoms with E-state index in [1.54, 1.807) is 13.3 Å². The highest BCUT2D eigenvalue weighted by molar-refractivity contribution is 5.82. The summed E-state index contributed by atoms with van der Waals surface area (Å²) in [4.78, 5) is 15.1. The number of aromatic amines is 1. The lowest BCUT2D eigenvalue weighted by molar-refractivity contribution is -0.140. The fourth-order valence-electron chi connectivity index (χ4n) is 5.11. The van der Waals surface area contributed by atoms with Crippen LogP contribution in [0.25, 0.3) is 0 Å². The van der Waals surface area contributed by atoms with Crippen molar-refractivity contribution in [2.45, 2.75) is 82.9 Å². The van der Waals surface area contributed by atoms with Crippen LogP contribution in [0.4, 0.5) is 0 Å². The van der Waals surface area contributed by atoms with Crippen molar-refractivity contribution in [2.75, 3.05) is 26.9 Å². The number of H-pyrrole nitrogens is 1. The summed E-state index contributed by atoms with van der Waals surface area (Å²) < 4.78 is 11.5. The topological polar surface area (TPSA) is 93.5 Å². The van der Waals surface area contributed by atoms with Crippen molar-refractivity contribution < 1.29 is 14.3 Å². The number of hydrogen-bond donors (Lipinski definition) is 2. The minimum absolute atomic E-state index is 0.00776. The van der Waals surface area contributed by atoms with E-state index in [0.29, 0.717) is 25.7 Å². The SMILES string of the molecule is COCC[C@H](N)C(=O)N1CCC[C@H](c2ccn[nH]2)[C@@H]1COC1CCC(C(C)C)CC1. The number of methoxy groups -OCH3 is 1. The third-order valence-electron chi connectivity index (χ3n) is 7.10. The lowest BCUT2D eigenvalue weighted by atomic mass is 9.80. The molecule has 1 saturated carbocycles. The maximum atomic E-state index is 13.2. The number of likely N-dealkylation sites (tertiary alicyclic amines) is 1. The average molecular weight is 421 g/mol. The minimum atomic E-state index is -0.533. The number of carbonyl (C=O) groups is 1. The van der Waals surface area contributed by atoms with E-state index in [2.05, 4.69) is 24.0 Å². The van der Waals surface area contributed by atoms with Crippen molar-refractivity contribution in [1.82, 2.24) is 15.1 Å². The van der Waals surface area contributed by atoms with Gasteiger partial charge < -0.3 is 20.1 Å². The molecule has 3 rings (SSSR count). The van der Waals surface area contributed by atoms with Crippen LogP contribution in [0.3, 0.4) is 0 Å². The van der Waals surface area contributed by atoms with Crippen LogP contribution in [0.2, 0.25) is 0 Å². The van der Waals surface area contributed by atoms with Gasteiger partial charge in [0.2, 0.25) is 5.91 Å². The second-order valence-electron chi connectivity index (χ2n) is 9.36. The van der Waals surface area contributed by atoms with Crippen LogP contribution in [0.5, 0.6) is 0 Å². The van der Waals surface area contributed by atoms with Gasteiger partial charge in [-0.05, 0) is 62.8 Å². The lowest BCUT2D eigenvalue weighted by Gasteiger charge is -2.42. The summed E-state index contributed by atoms with van der Waals surface area (Å²) >= 11 is 0. The highest BCUT2D eigenvalue weighted by atomic mass is 16.5. The van der Waals surface area contributed by atoms with Crippen LogP contribution in [-0.2, 0) is 14.3 Å². The number of nitrogens with one attached hydrogen (secondary N) is 1. The summed E-state index contributed by atoms with van der Waals surface area (Å²) in [5, 5.41) is 7.26. The van der Waals surface area contributed by atoms with Gasteiger partial charge in [-0.2, -0.15) is 5.10 Å². The standard InChI is InChI=1S/C23H40N4O3/c1-16(2)17-6-8-18(9-7-17)30-15-22-19(21-10-12-25-26-21)5-4-13-27(22)23(28)20(24)11-14-29-3/h10,12,16-20,22H,4-9,11,13-15,24H2,1-3H3,(H,25,26)/t17?,18?,19-,20+,22+/m1/s1. The molecule has 0 aromatic carbocycles. The summed E-state index contributed by atoms with van der Waals surface area (Å²) in [7, 11) is 1.64. The Balaban J connectivity index is 1.66. The van der Waals surface area contributed by atoms with Gasteiger partial charge in [-0.3, -0.25) is 9.89 Å². The number of ether oxygens (including phenoxy) is 2. The zero-order valence-electron chi connectivity index (χ0n) is 18.9. The molecular formula is C23H40N4O3. The average Bonchev–Trinajstić information content (AvgIpc) is 3.30. The first-order valence-corrected chi connectivity index (χ1v) is 11.7. The fourth-order valence-corrected chi connectivity index (χ4v) is 5.11. The van der Waals surface area contributed by atoms with E-state index in [1.165, 1.54) is 12.8 Å². The molecule has 0 bridgehead atoms. The number of amides is 1. The Labute approximate surface area is 181 Å². The van der Waals surface area contributed by atoms with Gasteiger partial charge >= 0.3 is 0 Å². The van der Waals surface area contributed by atoms with E-state index >= 15 is 0 Å². The summed E-state index contributed by atoms with van der Waals surface area (Å²) in [5.41, 5.74) is 7.29.